The second-order valence-electron chi connectivity index (χ2n) is 3.54. The number of nitrogens with zero attached hydrogens (tertiary/aromatic N) is 1. The first-order valence-electron chi connectivity index (χ1n) is 5.04. The van der Waals surface area contributed by atoms with E-state index >= 15 is 0 Å². The summed E-state index contributed by atoms with van der Waals surface area (Å²) < 4.78 is 0. The van der Waals surface area contributed by atoms with Gasteiger partial charge in [-0.25, -0.2) is 0 Å². The second kappa shape index (κ2) is 5.25. The van der Waals surface area contributed by atoms with Crippen LogP contribution in [0.5, 0.6) is 0 Å². The molecule has 0 saturated carbocycles. The summed E-state index contributed by atoms with van der Waals surface area (Å²) in [5.41, 5.74) is 6.83. The maximum absolute atomic E-state index is 12.0. The molecular weight excluding hydrogens is 273 g/mol. The number of aromatic nitrogens is 1. The van der Waals surface area contributed by atoms with Gasteiger partial charge in [0.05, 0.1) is 28.2 Å². The number of benzene rings is 1. The Balaban J connectivity index is 2.28. The van der Waals surface area contributed by atoms with Crippen LogP contribution in [-0.4, -0.2) is 10.9 Å². The number of nitrogen functional groups attached to an aromatic ring is 1. The first kappa shape index (κ1) is 12.7. The number of pyridine rings is 1. The highest BCUT2D eigenvalue weighted by Crippen LogP contribution is 2.23. The van der Waals surface area contributed by atoms with Crippen LogP contribution in [0.2, 0.25) is 10.0 Å². The highest BCUT2D eigenvalue weighted by molar-refractivity contribution is 6.36. The van der Waals surface area contributed by atoms with Gasteiger partial charge in [0.15, 0.2) is 0 Å². The van der Waals surface area contributed by atoms with Gasteiger partial charge in [-0.3, -0.25) is 9.78 Å². The first-order chi connectivity index (χ1) is 8.58. The number of carbonyl (C=O) groups is 1. The zero-order valence-corrected chi connectivity index (χ0v) is 10.7. The fraction of sp³-hybridized carbons (Fsp3) is 0. The molecule has 2 rings (SSSR count). The van der Waals surface area contributed by atoms with Crippen LogP contribution >= 0.6 is 23.2 Å². The van der Waals surface area contributed by atoms with Crippen LogP contribution in [0.4, 0.5) is 11.4 Å². The lowest BCUT2D eigenvalue weighted by atomic mass is 10.2. The van der Waals surface area contributed by atoms with Crippen molar-refractivity contribution in [2.24, 2.45) is 0 Å². The predicted molar refractivity (Wildman–Crippen MR) is 73.1 cm³/mol. The maximum atomic E-state index is 12.0. The summed E-state index contributed by atoms with van der Waals surface area (Å²) >= 11 is 11.8. The number of amides is 1. The third-order valence-electron chi connectivity index (χ3n) is 2.27. The van der Waals surface area contributed by atoms with Gasteiger partial charge >= 0.3 is 0 Å². The fourth-order valence-electron chi connectivity index (χ4n) is 1.38. The Hall–Kier alpha value is -1.78. The average molecular weight is 282 g/mol. The number of rotatable bonds is 2. The van der Waals surface area contributed by atoms with E-state index in [1.54, 1.807) is 18.2 Å². The normalized spacial score (nSPS) is 10.1. The SMILES string of the molecule is Nc1cnccc1NC(=O)c1cc(Cl)ccc1Cl. The number of hydrogen-bond donors (Lipinski definition) is 2. The predicted octanol–water partition coefficient (Wildman–Crippen LogP) is 3.22. The average Bonchev–Trinajstić information content (AvgIpc) is 2.35. The molecular formula is C12H9Cl2N3O. The van der Waals surface area contributed by atoms with Crippen molar-refractivity contribution in [2.75, 3.05) is 11.1 Å². The van der Waals surface area contributed by atoms with Gasteiger partial charge in [0, 0.05) is 11.2 Å². The van der Waals surface area contributed by atoms with E-state index in [1.165, 1.54) is 18.5 Å². The van der Waals surface area contributed by atoms with Crippen LogP contribution in [0.15, 0.2) is 36.7 Å². The number of hydrogen-bond acceptors (Lipinski definition) is 3. The molecule has 1 heterocycles. The summed E-state index contributed by atoms with van der Waals surface area (Å²) in [5, 5.41) is 3.41. The van der Waals surface area contributed by atoms with Gasteiger partial charge in [0.1, 0.15) is 0 Å². The molecule has 0 radical (unpaired) electrons. The number of nitrogens with one attached hydrogen (secondary N) is 1. The van der Waals surface area contributed by atoms with Crippen molar-refractivity contribution >= 4 is 40.5 Å². The van der Waals surface area contributed by atoms with Crippen molar-refractivity contribution in [2.45, 2.75) is 0 Å². The standard InChI is InChI=1S/C12H9Cl2N3O/c13-7-1-2-9(14)8(5-7)12(18)17-11-3-4-16-6-10(11)15/h1-6H,15H2,(H,16,17,18). The van der Waals surface area contributed by atoms with E-state index in [4.69, 9.17) is 28.9 Å². The fourth-order valence-corrected chi connectivity index (χ4v) is 1.76. The largest absolute Gasteiger partial charge is 0.396 e. The van der Waals surface area contributed by atoms with Crippen LogP contribution in [0.3, 0.4) is 0 Å². The molecule has 92 valence electrons. The Bertz CT molecular complexity index is 602. The van der Waals surface area contributed by atoms with Gasteiger partial charge in [-0.05, 0) is 24.3 Å². The molecule has 1 aromatic carbocycles. The third kappa shape index (κ3) is 2.72. The monoisotopic (exact) mass is 281 g/mol. The lowest BCUT2D eigenvalue weighted by Gasteiger charge is -2.08. The van der Waals surface area contributed by atoms with Gasteiger partial charge in [0.25, 0.3) is 5.91 Å². The Morgan fingerprint density at radius 3 is 2.78 bits per heavy atom. The minimum atomic E-state index is -0.375. The van der Waals surface area contributed by atoms with E-state index < -0.39 is 0 Å². The molecule has 4 nitrogen and oxygen atoms in total. The van der Waals surface area contributed by atoms with E-state index in [9.17, 15) is 4.79 Å². The number of nitrogens with two attached hydrogens (primary N) is 1. The van der Waals surface area contributed by atoms with Crippen molar-refractivity contribution in [1.29, 1.82) is 0 Å². The molecule has 0 aliphatic carbocycles. The number of carbonyl (C=O) groups excluding carboxylic acids is 1. The summed E-state index contributed by atoms with van der Waals surface area (Å²) in [5.74, 6) is -0.375. The van der Waals surface area contributed by atoms with Crippen LogP contribution < -0.4 is 11.1 Å². The van der Waals surface area contributed by atoms with Crippen molar-refractivity contribution in [3.63, 3.8) is 0 Å². The summed E-state index contributed by atoms with van der Waals surface area (Å²) in [6.07, 6.45) is 2.99. The molecule has 0 unspecified atom stereocenters. The quantitative estimate of drug-likeness (QED) is 0.888. The number of anilines is 2. The number of halogens is 2. The van der Waals surface area contributed by atoms with Crippen molar-refractivity contribution in [3.05, 3.63) is 52.3 Å². The Kier molecular flexibility index (Phi) is 3.69. The Labute approximate surface area is 114 Å². The van der Waals surface area contributed by atoms with Gasteiger partial charge < -0.3 is 11.1 Å². The molecule has 0 bridgehead atoms. The topological polar surface area (TPSA) is 68.0 Å². The lowest BCUT2D eigenvalue weighted by Crippen LogP contribution is -2.13. The molecule has 0 fully saturated rings. The molecule has 0 saturated heterocycles. The molecule has 0 aliphatic rings. The minimum absolute atomic E-state index is 0.292. The molecule has 0 aliphatic heterocycles. The molecule has 0 spiro atoms. The summed E-state index contributed by atoms with van der Waals surface area (Å²) in [7, 11) is 0. The van der Waals surface area contributed by atoms with Gasteiger partial charge in [-0.2, -0.15) is 0 Å². The zero-order chi connectivity index (χ0) is 13.1. The van der Waals surface area contributed by atoms with Gasteiger partial charge in [0.2, 0.25) is 0 Å². The molecule has 0 atom stereocenters. The van der Waals surface area contributed by atoms with Crippen molar-refractivity contribution < 1.29 is 4.79 Å². The van der Waals surface area contributed by atoms with E-state index in [0.717, 1.165) is 0 Å². The summed E-state index contributed by atoms with van der Waals surface area (Å²) in [6, 6.07) is 6.28. The van der Waals surface area contributed by atoms with Crippen molar-refractivity contribution in [3.8, 4) is 0 Å². The molecule has 18 heavy (non-hydrogen) atoms. The van der Waals surface area contributed by atoms with E-state index in [-0.39, 0.29) is 5.91 Å². The van der Waals surface area contributed by atoms with Crippen molar-refractivity contribution in [1.82, 2.24) is 4.98 Å². The summed E-state index contributed by atoms with van der Waals surface area (Å²) in [4.78, 5) is 15.8. The summed E-state index contributed by atoms with van der Waals surface area (Å²) in [6.45, 7) is 0. The first-order valence-corrected chi connectivity index (χ1v) is 5.79. The molecule has 1 aromatic heterocycles. The molecule has 6 heteroatoms. The van der Waals surface area contributed by atoms with E-state index in [0.29, 0.717) is 27.0 Å². The smallest absolute Gasteiger partial charge is 0.257 e. The van der Waals surface area contributed by atoms with E-state index in [2.05, 4.69) is 10.3 Å². The highest BCUT2D eigenvalue weighted by Gasteiger charge is 2.12. The minimum Gasteiger partial charge on any atom is -0.396 e. The lowest BCUT2D eigenvalue weighted by molar-refractivity contribution is 0.102. The molecule has 3 N–H and O–H groups in total. The highest BCUT2D eigenvalue weighted by atomic mass is 35.5. The molecule has 2 aromatic rings. The molecule has 1 amide bonds. The van der Waals surface area contributed by atoms with Crippen LogP contribution in [0, 0.1) is 0 Å². The third-order valence-corrected chi connectivity index (χ3v) is 2.84. The van der Waals surface area contributed by atoms with Crippen LogP contribution in [0.1, 0.15) is 10.4 Å². The maximum Gasteiger partial charge on any atom is 0.257 e. The van der Waals surface area contributed by atoms with Gasteiger partial charge in [-0.1, -0.05) is 23.2 Å². The van der Waals surface area contributed by atoms with Crippen LogP contribution in [0.25, 0.3) is 0 Å². The van der Waals surface area contributed by atoms with E-state index in [1.807, 2.05) is 0 Å². The zero-order valence-electron chi connectivity index (χ0n) is 9.15. The second-order valence-corrected chi connectivity index (χ2v) is 4.38. The Morgan fingerprint density at radius 2 is 2.06 bits per heavy atom. The van der Waals surface area contributed by atoms with Gasteiger partial charge in [-0.15, -0.1) is 0 Å². The Morgan fingerprint density at radius 1 is 1.28 bits per heavy atom. The van der Waals surface area contributed by atoms with Crippen LogP contribution in [-0.2, 0) is 0 Å².